The Hall–Kier alpha value is -4.40. The lowest BCUT2D eigenvalue weighted by Crippen LogP contribution is -2.28. The zero-order chi connectivity index (χ0) is 25.9. The van der Waals surface area contributed by atoms with Crippen LogP contribution in [0.2, 0.25) is 0 Å². The second-order valence-corrected chi connectivity index (χ2v) is 9.35. The highest BCUT2D eigenvalue weighted by Gasteiger charge is 2.16. The monoisotopic (exact) mass is 498 g/mol. The number of rotatable bonds is 9. The molecule has 2 aromatic carbocycles. The highest BCUT2D eigenvalue weighted by Crippen LogP contribution is 2.24. The standard InChI is InChI=1S/C28H30N6O3/c1-4-5-15-37-23-11-9-20(10-12-23)24-17-25-27-31-34(28(36)32(27)13-14-33(25)30-24)18-26(35)29-22-8-6-7-21(16-22)19(2)3/h6-14,16-17,19H,4-5,15,18H2,1-3H3,(H,29,35). The molecule has 0 fully saturated rings. The van der Waals surface area contributed by atoms with Crippen molar-refractivity contribution in [2.75, 3.05) is 11.9 Å². The molecule has 37 heavy (non-hydrogen) atoms. The van der Waals surface area contributed by atoms with E-state index in [4.69, 9.17) is 4.74 Å². The Kier molecular flexibility index (Phi) is 6.76. The number of hydrogen-bond donors (Lipinski definition) is 1. The summed E-state index contributed by atoms with van der Waals surface area (Å²) in [5.41, 5.74) is 4.20. The van der Waals surface area contributed by atoms with E-state index < -0.39 is 0 Å². The maximum absolute atomic E-state index is 13.0. The van der Waals surface area contributed by atoms with Gasteiger partial charge in [0, 0.05) is 23.6 Å². The van der Waals surface area contributed by atoms with Crippen molar-refractivity contribution in [3.63, 3.8) is 0 Å². The summed E-state index contributed by atoms with van der Waals surface area (Å²) in [6.45, 7) is 6.82. The lowest BCUT2D eigenvalue weighted by atomic mass is 10.0. The summed E-state index contributed by atoms with van der Waals surface area (Å²) < 4.78 is 10.0. The normalized spacial score (nSPS) is 11.5. The summed E-state index contributed by atoms with van der Waals surface area (Å²) in [5.74, 6) is 0.846. The maximum Gasteiger partial charge on any atom is 0.350 e. The molecular weight excluding hydrogens is 468 g/mol. The summed E-state index contributed by atoms with van der Waals surface area (Å²) in [6, 6.07) is 17.4. The fraction of sp³-hybridized carbons (Fsp3) is 0.286. The number of aromatic nitrogens is 5. The number of benzene rings is 2. The molecular formula is C28H30N6O3. The number of carbonyl (C=O) groups excluding carboxylic acids is 1. The van der Waals surface area contributed by atoms with E-state index in [1.165, 1.54) is 9.08 Å². The SMILES string of the molecule is CCCCOc1ccc(-c2cc3c4nn(CC(=O)Nc5cccc(C(C)C)c5)c(=O)n4ccn3n2)cc1. The van der Waals surface area contributed by atoms with Crippen LogP contribution >= 0.6 is 0 Å². The van der Waals surface area contributed by atoms with Gasteiger partial charge >= 0.3 is 5.69 Å². The van der Waals surface area contributed by atoms with Gasteiger partial charge < -0.3 is 10.1 Å². The van der Waals surface area contributed by atoms with E-state index in [-0.39, 0.29) is 18.1 Å². The van der Waals surface area contributed by atoms with Crippen LogP contribution in [0.3, 0.4) is 0 Å². The predicted octanol–water partition coefficient (Wildman–Crippen LogP) is 4.75. The van der Waals surface area contributed by atoms with Crippen molar-refractivity contribution < 1.29 is 9.53 Å². The summed E-state index contributed by atoms with van der Waals surface area (Å²) >= 11 is 0. The van der Waals surface area contributed by atoms with Crippen molar-refractivity contribution >= 4 is 22.8 Å². The van der Waals surface area contributed by atoms with Gasteiger partial charge in [-0.25, -0.2) is 18.4 Å². The van der Waals surface area contributed by atoms with Gasteiger partial charge in [0.2, 0.25) is 5.91 Å². The molecule has 0 bridgehead atoms. The first-order chi connectivity index (χ1) is 17.9. The van der Waals surface area contributed by atoms with Crippen LogP contribution in [-0.2, 0) is 11.3 Å². The van der Waals surface area contributed by atoms with E-state index in [1.54, 1.807) is 16.9 Å². The third kappa shape index (κ3) is 5.11. The second kappa shape index (κ2) is 10.3. The van der Waals surface area contributed by atoms with E-state index in [0.29, 0.717) is 29.4 Å². The van der Waals surface area contributed by atoms with Crippen LogP contribution in [0.4, 0.5) is 5.69 Å². The molecule has 0 saturated carbocycles. The number of fused-ring (bicyclic) bond motifs is 3. The molecule has 0 aliphatic carbocycles. The quantitative estimate of drug-likeness (QED) is 0.296. The van der Waals surface area contributed by atoms with Gasteiger partial charge in [-0.05, 0) is 60.4 Å². The average molecular weight is 499 g/mol. The van der Waals surface area contributed by atoms with Crippen molar-refractivity contribution in [3.05, 3.63) is 83.0 Å². The van der Waals surface area contributed by atoms with Gasteiger partial charge in [0.15, 0.2) is 5.65 Å². The van der Waals surface area contributed by atoms with Crippen molar-refractivity contribution in [2.45, 2.75) is 46.1 Å². The topological polar surface area (TPSA) is 94.9 Å². The highest BCUT2D eigenvalue weighted by atomic mass is 16.5. The van der Waals surface area contributed by atoms with Gasteiger partial charge in [-0.1, -0.05) is 39.3 Å². The number of hydrogen-bond acceptors (Lipinski definition) is 5. The summed E-state index contributed by atoms with van der Waals surface area (Å²) in [6.07, 6.45) is 5.42. The molecule has 9 nitrogen and oxygen atoms in total. The number of amides is 1. The Morgan fingerprint density at radius 1 is 1.05 bits per heavy atom. The molecule has 5 aromatic rings. The molecule has 190 valence electrons. The first-order valence-electron chi connectivity index (χ1n) is 12.5. The Bertz CT molecular complexity index is 1610. The number of unbranched alkanes of at least 4 members (excludes halogenated alkanes) is 1. The van der Waals surface area contributed by atoms with E-state index in [0.717, 1.165) is 35.4 Å². The fourth-order valence-corrected chi connectivity index (χ4v) is 4.15. The number of nitrogens with zero attached hydrogens (tertiary/aromatic N) is 5. The summed E-state index contributed by atoms with van der Waals surface area (Å²) in [5, 5.41) is 12.0. The molecule has 3 aromatic heterocycles. The maximum atomic E-state index is 13.0. The molecule has 9 heteroatoms. The van der Waals surface area contributed by atoms with Crippen molar-refractivity contribution in [1.29, 1.82) is 0 Å². The largest absolute Gasteiger partial charge is 0.494 e. The van der Waals surface area contributed by atoms with Crippen LogP contribution in [0.1, 0.15) is 45.1 Å². The van der Waals surface area contributed by atoms with Crippen molar-refractivity contribution in [2.24, 2.45) is 0 Å². The molecule has 0 radical (unpaired) electrons. The molecule has 0 aliphatic heterocycles. The smallest absolute Gasteiger partial charge is 0.350 e. The summed E-state index contributed by atoms with van der Waals surface area (Å²) in [4.78, 5) is 25.7. The Balaban J connectivity index is 1.38. The molecule has 0 atom stereocenters. The zero-order valence-electron chi connectivity index (χ0n) is 21.2. The Labute approximate surface area is 214 Å². The van der Waals surface area contributed by atoms with E-state index in [9.17, 15) is 9.59 Å². The van der Waals surface area contributed by atoms with E-state index in [1.807, 2.05) is 54.6 Å². The zero-order valence-corrected chi connectivity index (χ0v) is 21.2. The van der Waals surface area contributed by atoms with Gasteiger partial charge in [-0.15, -0.1) is 5.10 Å². The molecule has 5 rings (SSSR count). The Morgan fingerprint density at radius 2 is 1.86 bits per heavy atom. The molecule has 0 saturated heterocycles. The molecule has 1 amide bonds. The first kappa shape index (κ1) is 24.3. The second-order valence-electron chi connectivity index (χ2n) is 9.35. The van der Waals surface area contributed by atoms with Gasteiger partial charge in [0.05, 0.1) is 12.3 Å². The number of ether oxygens (including phenoxy) is 1. The van der Waals surface area contributed by atoms with Crippen molar-refractivity contribution in [1.82, 2.24) is 23.8 Å². The average Bonchev–Trinajstić information content (AvgIpc) is 3.46. The predicted molar refractivity (Wildman–Crippen MR) is 143 cm³/mol. The summed E-state index contributed by atoms with van der Waals surface area (Å²) in [7, 11) is 0. The molecule has 3 heterocycles. The van der Waals surface area contributed by atoms with Crippen LogP contribution in [-0.4, -0.2) is 36.3 Å². The van der Waals surface area contributed by atoms with Crippen LogP contribution in [0, 0.1) is 0 Å². The molecule has 0 spiro atoms. The van der Waals surface area contributed by atoms with Gasteiger partial charge in [-0.2, -0.15) is 5.10 Å². The Morgan fingerprint density at radius 3 is 2.62 bits per heavy atom. The number of nitrogens with one attached hydrogen (secondary N) is 1. The molecule has 0 unspecified atom stereocenters. The van der Waals surface area contributed by atoms with Crippen LogP contribution < -0.4 is 15.7 Å². The first-order valence-corrected chi connectivity index (χ1v) is 12.5. The third-order valence-corrected chi connectivity index (χ3v) is 6.24. The number of anilines is 1. The van der Waals surface area contributed by atoms with Crippen LogP contribution in [0.15, 0.2) is 71.8 Å². The minimum atomic E-state index is -0.389. The minimum Gasteiger partial charge on any atom is -0.494 e. The van der Waals surface area contributed by atoms with Crippen molar-refractivity contribution in [3.8, 4) is 17.0 Å². The van der Waals surface area contributed by atoms with Crippen LogP contribution in [0.25, 0.3) is 22.4 Å². The minimum absolute atomic E-state index is 0.195. The lowest BCUT2D eigenvalue weighted by Gasteiger charge is -2.09. The van der Waals surface area contributed by atoms with E-state index in [2.05, 4.69) is 36.3 Å². The lowest BCUT2D eigenvalue weighted by molar-refractivity contribution is -0.117. The van der Waals surface area contributed by atoms with Crippen LogP contribution in [0.5, 0.6) is 5.75 Å². The van der Waals surface area contributed by atoms with E-state index >= 15 is 0 Å². The third-order valence-electron chi connectivity index (χ3n) is 6.24. The fourth-order valence-electron chi connectivity index (χ4n) is 4.15. The highest BCUT2D eigenvalue weighted by molar-refractivity contribution is 5.90. The number of carbonyl (C=O) groups is 1. The van der Waals surface area contributed by atoms with Gasteiger partial charge in [0.25, 0.3) is 0 Å². The van der Waals surface area contributed by atoms with Gasteiger partial charge in [-0.3, -0.25) is 4.79 Å². The van der Waals surface area contributed by atoms with Gasteiger partial charge in [0.1, 0.15) is 17.8 Å². The molecule has 0 aliphatic rings. The molecule has 1 N–H and O–H groups in total.